The van der Waals surface area contributed by atoms with E-state index in [-0.39, 0.29) is 0 Å². The minimum Gasteiger partial charge on any atom is -0.444 e. The van der Waals surface area contributed by atoms with Crippen molar-refractivity contribution < 1.29 is 13.9 Å². The van der Waals surface area contributed by atoms with E-state index in [1.165, 1.54) is 4.90 Å². The van der Waals surface area contributed by atoms with E-state index < -0.39 is 30.5 Å². The molecule has 0 N–H and O–H groups in total. The summed E-state index contributed by atoms with van der Waals surface area (Å²) in [4.78, 5) is 13.0. The van der Waals surface area contributed by atoms with Gasteiger partial charge in [-0.15, -0.1) is 0 Å². The van der Waals surface area contributed by atoms with Gasteiger partial charge in [0.25, 0.3) is 0 Å². The molecule has 0 spiro atoms. The lowest BCUT2D eigenvalue weighted by Gasteiger charge is -2.29. The number of carbonyl (C=O) groups excluding carboxylic acids is 1. The third-order valence-electron chi connectivity index (χ3n) is 2.43. The van der Waals surface area contributed by atoms with Gasteiger partial charge in [0.05, 0.1) is 12.1 Å². The first-order valence-corrected chi connectivity index (χ1v) is 5.36. The van der Waals surface area contributed by atoms with E-state index >= 15 is 0 Å². The summed E-state index contributed by atoms with van der Waals surface area (Å²) >= 11 is 0. The van der Waals surface area contributed by atoms with Crippen LogP contribution in [0.1, 0.15) is 33.6 Å². The Hall–Kier alpha value is -1.31. The van der Waals surface area contributed by atoms with Crippen LogP contribution in [0, 0.1) is 11.3 Å². The first kappa shape index (κ1) is 12.8. The van der Waals surface area contributed by atoms with Crippen LogP contribution in [0.25, 0.3) is 0 Å². The second-order valence-electron chi connectivity index (χ2n) is 4.92. The third-order valence-corrected chi connectivity index (χ3v) is 2.43. The Labute approximate surface area is 95.0 Å². The zero-order valence-electron chi connectivity index (χ0n) is 9.86. The van der Waals surface area contributed by atoms with Crippen molar-refractivity contribution in [3.63, 3.8) is 0 Å². The lowest BCUT2D eigenvalue weighted by Crippen LogP contribution is -2.44. The maximum atomic E-state index is 12.7. The molecule has 0 aliphatic carbocycles. The van der Waals surface area contributed by atoms with Gasteiger partial charge in [-0.1, -0.05) is 0 Å². The van der Waals surface area contributed by atoms with Crippen molar-refractivity contribution in [2.45, 2.75) is 51.3 Å². The second kappa shape index (κ2) is 4.69. The number of nitriles is 1. The summed E-state index contributed by atoms with van der Waals surface area (Å²) < 4.78 is 17.8. The summed E-state index contributed by atoms with van der Waals surface area (Å²) in [5.74, 6) is 0. The largest absolute Gasteiger partial charge is 0.444 e. The molecule has 16 heavy (non-hydrogen) atoms. The molecule has 0 aromatic rings. The molecule has 1 aliphatic heterocycles. The monoisotopic (exact) mass is 228 g/mol. The Bertz CT molecular complexity index is 306. The van der Waals surface area contributed by atoms with Crippen LogP contribution in [0.3, 0.4) is 0 Å². The first-order valence-electron chi connectivity index (χ1n) is 5.36. The summed E-state index contributed by atoms with van der Waals surface area (Å²) in [6.45, 7) is 4.60. The van der Waals surface area contributed by atoms with Crippen LogP contribution in [0.15, 0.2) is 0 Å². The van der Waals surface area contributed by atoms with Gasteiger partial charge in [0, 0.05) is 0 Å². The molecule has 0 radical (unpaired) electrons. The normalized spacial score (nSPS) is 25.3. The molecule has 5 heteroatoms. The average Bonchev–Trinajstić information content (AvgIpc) is 2.57. The number of hydrogen-bond donors (Lipinski definition) is 0. The van der Waals surface area contributed by atoms with Crippen molar-refractivity contribution in [1.29, 1.82) is 5.26 Å². The van der Waals surface area contributed by atoms with Gasteiger partial charge < -0.3 is 4.74 Å². The molecule has 0 aromatic heterocycles. The van der Waals surface area contributed by atoms with Crippen molar-refractivity contribution in [1.82, 2.24) is 4.90 Å². The quantitative estimate of drug-likeness (QED) is 0.691. The van der Waals surface area contributed by atoms with Crippen molar-refractivity contribution in [2.75, 3.05) is 6.67 Å². The minimum atomic E-state index is -0.628. The van der Waals surface area contributed by atoms with Gasteiger partial charge in [0.2, 0.25) is 0 Å². The first-order chi connectivity index (χ1) is 7.39. The molecule has 1 heterocycles. The fourth-order valence-corrected chi connectivity index (χ4v) is 1.75. The number of carbonyl (C=O) groups is 1. The predicted octanol–water partition coefficient (Wildman–Crippen LogP) is 2.25. The topological polar surface area (TPSA) is 53.3 Å². The Morgan fingerprint density at radius 2 is 2.19 bits per heavy atom. The summed E-state index contributed by atoms with van der Waals surface area (Å²) in [6.07, 6.45) is 0.442. The van der Waals surface area contributed by atoms with Gasteiger partial charge >= 0.3 is 6.09 Å². The number of nitrogens with zero attached hydrogens (tertiary/aromatic N) is 2. The number of likely N-dealkylation sites (tertiary alicyclic amines) is 1. The van der Waals surface area contributed by atoms with Crippen LogP contribution in [-0.2, 0) is 4.74 Å². The van der Waals surface area contributed by atoms with Crippen molar-refractivity contribution in [2.24, 2.45) is 0 Å². The van der Waals surface area contributed by atoms with Crippen molar-refractivity contribution in [3.8, 4) is 6.07 Å². The molecule has 1 saturated heterocycles. The molecule has 90 valence electrons. The lowest BCUT2D eigenvalue weighted by atomic mass is 10.2. The summed E-state index contributed by atoms with van der Waals surface area (Å²) in [5, 5.41) is 8.88. The molecular formula is C11H17FN2O2. The summed E-state index contributed by atoms with van der Waals surface area (Å²) in [5.41, 5.74) is -0.624. The van der Waals surface area contributed by atoms with Crippen molar-refractivity contribution in [3.05, 3.63) is 0 Å². The molecule has 0 saturated carbocycles. The van der Waals surface area contributed by atoms with Crippen LogP contribution in [0.4, 0.5) is 9.18 Å². The van der Waals surface area contributed by atoms with E-state index in [0.717, 1.165) is 0 Å². The van der Waals surface area contributed by atoms with Gasteiger partial charge in [0.1, 0.15) is 18.3 Å². The molecule has 2 atom stereocenters. The lowest BCUT2D eigenvalue weighted by molar-refractivity contribution is 0.0165. The number of halogens is 1. The zero-order chi connectivity index (χ0) is 12.3. The number of alkyl halides is 1. The standard InChI is InChI=1S/C11H17FN2O2/c1-11(2,3)16-10(15)14-8(6-12)4-5-9(14)7-13/h8-9H,4-6H2,1-3H3. The highest BCUT2D eigenvalue weighted by atomic mass is 19.1. The molecular weight excluding hydrogens is 211 g/mol. The molecule has 0 aromatic carbocycles. The third kappa shape index (κ3) is 2.84. The highest BCUT2D eigenvalue weighted by Gasteiger charge is 2.39. The number of hydrogen-bond acceptors (Lipinski definition) is 3. The van der Waals surface area contributed by atoms with Gasteiger partial charge in [-0.25, -0.2) is 9.18 Å². The fraction of sp³-hybridized carbons (Fsp3) is 0.818. The van der Waals surface area contributed by atoms with E-state index in [1.807, 2.05) is 6.07 Å². The van der Waals surface area contributed by atoms with Crippen LogP contribution in [0.5, 0.6) is 0 Å². The van der Waals surface area contributed by atoms with E-state index in [1.54, 1.807) is 20.8 Å². The Morgan fingerprint density at radius 1 is 1.56 bits per heavy atom. The Kier molecular flexibility index (Phi) is 3.74. The maximum absolute atomic E-state index is 12.7. The second-order valence-corrected chi connectivity index (χ2v) is 4.92. The highest BCUT2D eigenvalue weighted by molar-refractivity contribution is 5.70. The SMILES string of the molecule is CC(C)(C)OC(=O)N1C(C#N)CCC1CF. The minimum absolute atomic E-state index is 0.514. The van der Waals surface area contributed by atoms with Crippen LogP contribution in [0.2, 0.25) is 0 Å². The molecule has 1 fully saturated rings. The van der Waals surface area contributed by atoms with Crippen LogP contribution < -0.4 is 0 Å². The van der Waals surface area contributed by atoms with E-state index in [2.05, 4.69) is 0 Å². The van der Waals surface area contributed by atoms with E-state index in [0.29, 0.717) is 12.8 Å². The smallest absolute Gasteiger partial charge is 0.411 e. The van der Waals surface area contributed by atoms with Gasteiger partial charge in [-0.3, -0.25) is 4.90 Å². The van der Waals surface area contributed by atoms with E-state index in [4.69, 9.17) is 10.00 Å². The average molecular weight is 228 g/mol. The zero-order valence-corrected chi connectivity index (χ0v) is 9.86. The Morgan fingerprint density at radius 3 is 2.62 bits per heavy atom. The Balaban J connectivity index is 2.75. The molecule has 1 rings (SSSR count). The molecule has 1 aliphatic rings. The van der Waals surface area contributed by atoms with Crippen LogP contribution >= 0.6 is 0 Å². The number of rotatable bonds is 1. The number of amides is 1. The van der Waals surface area contributed by atoms with Gasteiger partial charge in [-0.2, -0.15) is 5.26 Å². The summed E-state index contributed by atoms with van der Waals surface area (Å²) in [7, 11) is 0. The highest BCUT2D eigenvalue weighted by Crippen LogP contribution is 2.26. The maximum Gasteiger partial charge on any atom is 0.411 e. The van der Waals surface area contributed by atoms with Gasteiger partial charge in [0.15, 0.2) is 0 Å². The van der Waals surface area contributed by atoms with Crippen molar-refractivity contribution >= 4 is 6.09 Å². The number of ether oxygens (including phenoxy) is 1. The molecule has 1 amide bonds. The molecule has 0 bridgehead atoms. The van der Waals surface area contributed by atoms with Gasteiger partial charge in [-0.05, 0) is 33.6 Å². The summed E-state index contributed by atoms with van der Waals surface area (Å²) in [6, 6.07) is 0.929. The molecule has 2 unspecified atom stereocenters. The fourth-order valence-electron chi connectivity index (χ4n) is 1.75. The van der Waals surface area contributed by atoms with E-state index in [9.17, 15) is 9.18 Å². The predicted molar refractivity (Wildman–Crippen MR) is 56.5 cm³/mol. The van der Waals surface area contributed by atoms with Crippen LogP contribution in [-0.4, -0.2) is 35.4 Å². The molecule has 4 nitrogen and oxygen atoms in total.